The quantitative estimate of drug-likeness (QED) is 0.947. The van der Waals surface area contributed by atoms with Crippen LogP contribution >= 0.6 is 0 Å². The van der Waals surface area contributed by atoms with Gasteiger partial charge in [0, 0.05) is 31.7 Å². The van der Waals surface area contributed by atoms with Gasteiger partial charge in [-0.15, -0.1) is 0 Å². The summed E-state index contributed by atoms with van der Waals surface area (Å²) in [6, 6.07) is 15.7. The van der Waals surface area contributed by atoms with Crippen LogP contribution in [0.4, 0.5) is 11.4 Å². The van der Waals surface area contributed by atoms with E-state index in [1.54, 1.807) is 0 Å². The van der Waals surface area contributed by atoms with E-state index in [9.17, 15) is 4.79 Å². The predicted octanol–water partition coefficient (Wildman–Crippen LogP) is 3.00. The lowest BCUT2D eigenvalue weighted by Crippen LogP contribution is -2.44. The lowest BCUT2D eigenvalue weighted by Gasteiger charge is -2.35. The number of benzene rings is 2. The van der Waals surface area contributed by atoms with E-state index in [0.717, 1.165) is 43.1 Å². The van der Waals surface area contributed by atoms with Crippen molar-refractivity contribution in [1.82, 2.24) is 4.90 Å². The molecule has 2 aromatic carbocycles. The van der Waals surface area contributed by atoms with Gasteiger partial charge in [0.2, 0.25) is 0 Å². The summed E-state index contributed by atoms with van der Waals surface area (Å²) < 4.78 is 0. The molecule has 0 unspecified atom stereocenters. The summed E-state index contributed by atoms with van der Waals surface area (Å²) in [6.07, 6.45) is 0. The van der Waals surface area contributed by atoms with Gasteiger partial charge in [-0.2, -0.15) is 0 Å². The number of carbonyl (C=O) groups excluding carboxylic acids is 1. The molecule has 0 aliphatic carbocycles. The van der Waals surface area contributed by atoms with Gasteiger partial charge >= 0.3 is 0 Å². The van der Waals surface area contributed by atoms with E-state index in [1.165, 1.54) is 0 Å². The molecule has 120 valence electrons. The van der Waals surface area contributed by atoms with Gasteiger partial charge in [0.15, 0.2) is 0 Å². The van der Waals surface area contributed by atoms with Gasteiger partial charge in [-0.3, -0.25) is 4.79 Å². The Morgan fingerprint density at radius 3 is 2.30 bits per heavy atom. The minimum Gasteiger partial charge on any atom is -0.367 e. The van der Waals surface area contributed by atoms with Crippen molar-refractivity contribution >= 4 is 17.3 Å². The second kappa shape index (κ2) is 6.84. The van der Waals surface area contributed by atoms with Crippen LogP contribution in [0.5, 0.6) is 0 Å². The van der Waals surface area contributed by atoms with Gasteiger partial charge in [0.25, 0.3) is 5.91 Å². The lowest BCUT2D eigenvalue weighted by molar-refractivity contribution is 0.102. The standard InChI is InChI=1S/C19H23N3O/c1-15-7-9-16(10-8-15)19(23)20-17-5-3-4-6-18(17)22-13-11-21(2)12-14-22/h3-10H,11-14H2,1-2H3,(H,20,23). The summed E-state index contributed by atoms with van der Waals surface area (Å²) in [7, 11) is 2.14. The first kappa shape index (κ1) is 15.6. The zero-order valence-electron chi connectivity index (χ0n) is 13.7. The molecule has 0 radical (unpaired) electrons. The predicted molar refractivity (Wildman–Crippen MR) is 95.3 cm³/mol. The minimum absolute atomic E-state index is 0.0634. The SMILES string of the molecule is Cc1ccc(C(=O)Nc2ccccc2N2CCN(C)CC2)cc1. The van der Waals surface area contributed by atoms with E-state index in [2.05, 4.69) is 28.2 Å². The molecule has 1 N–H and O–H groups in total. The van der Waals surface area contributed by atoms with E-state index in [4.69, 9.17) is 0 Å². The van der Waals surface area contributed by atoms with E-state index in [0.29, 0.717) is 5.56 Å². The smallest absolute Gasteiger partial charge is 0.255 e. The van der Waals surface area contributed by atoms with E-state index in [1.807, 2.05) is 49.4 Å². The number of para-hydroxylation sites is 2. The van der Waals surface area contributed by atoms with Crippen molar-refractivity contribution in [1.29, 1.82) is 0 Å². The maximum Gasteiger partial charge on any atom is 0.255 e. The zero-order chi connectivity index (χ0) is 16.2. The fourth-order valence-electron chi connectivity index (χ4n) is 2.80. The largest absolute Gasteiger partial charge is 0.367 e. The molecule has 0 spiro atoms. The molecule has 1 heterocycles. The van der Waals surface area contributed by atoms with Crippen molar-refractivity contribution in [3.63, 3.8) is 0 Å². The fourth-order valence-corrected chi connectivity index (χ4v) is 2.80. The van der Waals surface area contributed by atoms with Crippen LogP contribution in [0.25, 0.3) is 0 Å². The first-order chi connectivity index (χ1) is 11.1. The molecule has 1 aliphatic heterocycles. The third kappa shape index (κ3) is 3.71. The Balaban J connectivity index is 1.77. The zero-order valence-corrected chi connectivity index (χ0v) is 13.7. The summed E-state index contributed by atoms with van der Waals surface area (Å²) in [4.78, 5) is 17.1. The van der Waals surface area contributed by atoms with E-state index in [-0.39, 0.29) is 5.91 Å². The highest BCUT2D eigenvalue weighted by Gasteiger charge is 2.17. The Bertz CT molecular complexity index is 673. The summed E-state index contributed by atoms with van der Waals surface area (Å²) in [6.45, 7) is 6.06. The molecule has 1 fully saturated rings. The second-order valence-corrected chi connectivity index (χ2v) is 6.13. The van der Waals surface area contributed by atoms with Gasteiger partial charge in [-0.1, -0.05) is 29.8 Å². The highest BCUT2D eigenvalue weighted by atomic mass is 16.1. The molecule has 0 aromatic heterocycles. The van der Waals surface area contributed by atoms with Gasteiger partial charge < -0.3 is 15.1 Å². The van der Waals surface area contributed by atoms with Crippen molar-refractivity contribution in [2.45, 2.75) is 6.92 Å². The van der Waals surface area contributed by atoms with Crippen LogP contribution in [0, 0.1) is 6.92 Å². The van der Waals surface area contributed by atoms with Gasteiger partial charge in [0.1, 0.15) is 0 Å². The molecule has 1 saturated heterocycles. The number of nitrogens with one attached hydrogen (secondary N) is 1. The molecule has 2 aromatic rings. The van der Waals surface area contributed by atoms with Gasteiger partial charge in [-0.05, 0) is 38.2 Å². The minimum atomic E-state index is -0.0634. The second-order valence-electron chi connectivity index (χ2n) is 6.13. The first-order valence-electron chi connectivity index (χ1n) is 8.04. The third-order valence-corrected chi connectivity index (χ3v) is 4.31. The first-order valence-corrected chi connectivity index (χ1v) is 8.04. The van der Waals surface area contributed by atoms with Crippen molar-refractivity contribution in [3.8, 4) is 0 Å². The van der Waals surface area contributed by atoms with Crippen molar-refractivity contribution in [2.75, 3.05) is 43.4 Å². The number of piperazine rings is 1. The lowest BCUT2D eigenvalue weighted by atomic mass is 10.1. The van der Waals surface area contributed by atoms with Crippen molar-refractivity contribution in [3.05, 3.63) is 59.7 Å². The third-order valence-electron chi connectivity index (χ3n) is 4.31. The number of amides is 1. The summed E-state index contributed by atoms with van der Waals surface area (Å²) in [5.74, 6) is -0.0634. The van der Waals surface area contributed by atoms with Crippen LogP contribution in [0.15, 0.2) is 48.5 Å². The molecule has 3 rings (SSSR count). The fraction of sp³-hybridized carbons (Fsp3) is 0.316. The van der Waals surface area contributed by atoms with E-state index < -0.39 is 0 Å². The molecule has 1 aliphatic rings. The average molecular weight is 309 g/mol. The average Bonchev–Trinajstić information content (AvgIpc) is 2.57. The molecule has 0 bridgehead atoms. The van der Waals surface area contributed by atoms with Crippen LogP contribution in [-0.2, 0) is 0 Å². The number of nitrogens with zero attached hydrogens (tertiary/aromatic N) is 2. The molecule has 23 heavy (non-hydrogen) atoms. The highest BCUT2D eigenvalue weighted by molar-refractivity contribution is 6.06. The number of anilines is 2. The summed E-state index contributed by atoms with van der Waals surface area (Å²) in [5.41, 5.74) is 3.81. The maximum atomic E-state index is 12.5. The molecule has 4 nitrogen and oxygen atoms in total. The van der Waals surface area contributed by atoms with Crippen LogP contribution in [0.2, 0.25) is 0 Å². The monoisotopic (exact) mass is 309 g/mol. The van der Waals surface area contributed by atoms with Crippen molar-refractivity contribution in [2.24, 2.45) is 0 Å². The highest BCUT2D eigenvalue weighted by Crippen LogP contribution is 2.27. The van der Waals surface area contributed by atoms with Crippen LogP contribution in [0.1, 0.15) is 15.9 Å². The number of aryl methyl sites for hydroxylation is 1. The number of hydrogen-bond acceptors (Lipinski definition) is 3. The number of carbonyl (C=O) groups is 1. The molecule has 0 atom stereocenters. The van der Waals surface area contributed by atoms with Gasteiger partial charge in [0.05, 0.1) is 11.4 Å². The molecule has 0 saturated carbocycles. The van der Waals surface area contributed by atoms with E-state index >= 15 is 0 Å². The summed E-state index contributed by atoms with van der Waals surface area (Å²) >= 11 is 0. The Labute approximate surface area is 137 Å². The molecular formula is C19H23N3O. The van der Waals surface area contributed by atoms with Crippen molar-refractivity contribution < 1.29 is 4.79 Å². The maximum absolute atomic E-state index is 12.5. The Morgan fingerprint density at radius 2 is 1.61 bits per heavy atom. The topological polar surface area (TPSA) is 35.6 Å². The van der Waals surface area contributed by atoms with Crippen LogP contribution in [-0.4, -0.2) is 44.0 Å². The normalized spacial score (nSPS) is 15.5. The Kier molecular flexibility index (Phi) is 4.63. The Morgan fingerprint density at radius 1 is 0.957 bits per heavy atom. The summed E-state index contributed by atoms with van der Waals surface area (Å²) in [5, 5.41) is 3.06. The van der Waals surface area contributed by atoms with Crippen LogP contribution in [0.3, 0.4) is 0 Å². The number of hydrogen-bond donors (Lipinski definition) is 1. The molecular weight excluding hydrogens is 286 g/mol. The van der Waals surface area contributed by atoms with Gasteiger partial charge in [-0.25, -0.2) is 0 Å². The molecule has 1 amide bonds. The van der Waals surface area contributed by atoms with Crippen LogP contribution < -0.4 is 10.2 Å². The Hall–Kier alpha value is -2.33. The number of rotatable bonds is 3. The molecule has 4 heteroatoms. The number of likely N-dealkylation sites (N-methyl/N-ethyl adjacent to an activating group) is 1.